The van der Waals surface area contributed by atoms with Crippen molar-refractivity contribution in [3.63, 3.8) is 0 Å². The summed E-state index contributed by atoms with van der Waals surface area (Å²) in [6, 6.07) is 13.2. The van der Waals surface area contributed by atoms with Crippen LogP contribution in [-0.4, -0.2) is 53.2 Å². The van der Waals surface area contributed by atoms with Crippen LogP contribution in [0.2, 0.25) is 0 Å². The van der Waals surface area contributed by atoms with Gasteiger partial charge in [0, 0.05) is 10.8 Å². The Morgan fingerprint density at radius 3 is 1.91 bits per heavy atom. The minimum Gasteiger partial charge on any atom is -0.463 e. The van der Waals surface area contributed by atoms with Crippen LogP contribution < -0.4 is 5.32 Å². The van der Waals surface area contributed by atoms with E-state index in [1.54, 1.807) is 52.0 Å². The molecule has 0 spiro atoms. The highest BCUT2D eigenvalue weighted by molar-refractivity contribution is 6.12. The number of para-hydroxylation sites is 2. The van der Waals surface area contributed by atoms with Crippen LogP contribution >= 0.6 is 0 Å². The zero-order valence-electron chi connectivity index (χ0n) is 20.1. The normalized spacial score (nSPS) is 13.1. The molecule has 0 aliphatic carbocycles. The fourth-order valence-electron chi connectivity index (χ4n) is 3.84. The average molecular weight is 485 g/mol. The lowest BCUT2D eigenvalue weighted by Crippen LogP contribution is -2.50. The van der Waals surface area contributed by atoms with Crippen molar-refractivity contribution in [2.24, 2.45) is 5.92 Å². The van der Waals surface area contributed by atoms with Gasteiger partial charge in [0.05, 0.1) is 23.6 Å². The number of nitrogens with zero attached hydrogens (tertiary/aromatic N) is 1. The molecule has 0 saturated heterocycles. The Morgan fingerprint density at radius 1 is 0.886 bits per heavy atom. The highest BCUT2D eigenvalue weighted by Gasteiger charge is 2.33. The molecule has 8 nitrogen and oxygen atoms in total. The number of ketones is 1. The van der Waals surface area contributed by atoms with Gasteiger partial charge in [0.1, 0.15) is 12.7 Å². The van der Waals surface area contributed by atoms with E-state index in [0.29, 0.717) is 11.0 Å². The predicted octanol–water partition coefficient (Wildman–Crippen LogP) is 4.17. The van der Waals surface area contributed by atoms with Gasteiger partial charge in [-0.2, -0.15) is 0 Å². The molecule has 0 saturated carbocycles. The van der Waals surface area contributed by atoms with E-state index < -0.39 is 61.0 Å². The molecule has 0 bridgehead atoms. The molecule has 0 fully saturated rings. The number of amides is 1. The van der Waals surface area contributed by atoms with Crippen molar-refractivity contribution in [2.75, 3.05) is 6.67 Å². The maximum atomic E-state index is 13.3. The second-order valence-electron chi connectivity index (χ2n) is 8.82. The second-order valence-corrected chi connectivity index (χ2v) is 8.82. The van der Waals surface area contributed by atoms with E-state index in [2.05, 4.69) is 5.32 Å². The molecule has 1 heterocycles. The number of hydrogen-bond acceptors (Lipinski definition) is 6. The number of halogens is 1. The van der Waals surface area contributed by atoms with E-state index in [1.165, 1.54) is 4.57 Å². The maximum Gasteiger partial charge on any atom is 0.419 e. The van der Waals surface area contributed by atoms with Gasteiger partial charge in [-0.1, -0.05) is 50.2 Å². The number of hydrogen-bond donors (Lipinski definition) is 1. The molecular formula is C26H29FN2O6. The monoisotopic (exact) mass is 484 g/mol. The molecular weight excluding hydrogens is 455 g/mol. The number of carbonyl (C=O) groups excluding carboxylic acids is 4. The number of aromatic nitrogens is 1. The van der Waals surface area contributed by atoms with Gasteiger partial charge in [-0.05, 0) is 31.9 Å². The van der Waals surface area contributed by atoms with Crippen LogP contribution in [0.4, 0.5) is 9.18 Å². The predicted molar refractivity (Wildman–Crippen MR) is 129 cm³/mol. The molecule has 9 heteroatoms. The van der Waals surface area contributed by atoms with Gasteiger partial charge in [0.2, 0.25) is 0 Å². The van der Waals surface area contributed by atoms with Gasteiger partial charge in [-0.25, -0.2) is 13.8 Å². The molecule has 1 aromatic heterocycles. The molecule has 0 radical (unpaired) electrons. The summed E-state index contributed by atoms with van der Waals surface area (Å²) in [5, 5.41) is 4.06. The van der Waals surface area contributed by atoms with E-state index in [4.69, 9.17) is 9.47 Å². The van der Waals surface area contributed by atoms with Crippen molar-refractivity contribution < 1.29 is 33.0 Å². The number of carbonyl (C=O) groups is 4. The maximum absolute atomic E-state index is 13.3. The minimum absolute atomic E-state index is 0.435. The van der Waals surface area contributed by atoms with Crippen molar-refractivity contribution in [1.82, 2.24) is 9.88 Å². The van der Waals surface area contributed by atoms with Gasteiger partial charge >= 0.3 is 12.1 Å². The standard InChI is InChI=1S/C26H29FN2O6/c1-15(2)24(25(32)28-19(22(30)14-27)13-23(31)34-16(3)4)35-26(33)29-20-11-7-5-9-17(20)18-10-6-8-12-21(18)29/h5-12,15-16,19,24H,13-14H2,1-4H3,(H,28,32)/t19?,24-/m0/s1. The first-order valence-corrected chi connectivity index (χ1v) is 11.4. The molecule has 1 amide bonds. The van der Waals surface area contributed by atoms with E-state index in [9.17, 15) is 23.6 Å². The first kappa shape index (κ1) is 25.9. The van der Waals surface area contributed by atoms with Crippen LogP contribution in [0.25, 0.3) is 21.8 Å². The topological polar surface area (TPSA) is 104 Å². The van der Waals surface area contributed by atoms with Gasteiger partial charge in [0.25, 0.3) is 5.91 Å². The van der Waals surface area contributed by atoms with Crippen LogP contribution in [0.1, 0.15) is 34.1 Å². The molecule has 1 unspecified atom stereocenters. The molecule has 3 rings (SSSR count). The first-order valence-electron chi connectivity index (χ1n) is 11.4. The Morgan fingerprint density at radius 2 is 1.43 bits per heavy atom. The van der Waals surface area contributed by atoms with Crippen LogP contribution in [-0.2, 0) is 23.9 Å². The fourth-order valence-corrected chi connectivity index (χ4v) is 3.84. The summed E-state index contributed by atoms with van der Waals surface area (Å²) in [6.45, 7) is 5.23. The zero-order valence-corrected chi connectivity index (χ0v) is 20.1. The number of ether oxygens (including phenoxy) is 2. The third kappa shape index (κ3) is 5.85. The van der Waals surface area contributed by atoms with Crippen molar-refractivity contribution in [3.05, 3.63) is 48.5 Å². The van der Waals surface area contributed by atoms with Crippen LogP contribution in [0.3, 0.4) is 0 Å². The average Bonchev–Trinajstić information content (AvgIpc) is 3.15. The molecule has 2 atom stereocenters. The zero-order chi connectivity index (χ0) is 25.7. The lowest BCUT2D eigenvalue weighted by Gasteiger charge is -2.24. The Bertz CT molecular complexity index is 1200. The number of fused-ring (bicyclic) bond motifs is 3. The number of nitrogens with one attached hydrogen (secondary N) is 1. The Labute approximate surface area is 202 Å². The number of alkyl halides is 1. The molecule has 1 N–H and O–H groups in total. The lowest BCUT2D eigenvalue weighted by molar-refractivity contribution is -0.149. The van der Waals surface area contributed by atoms with Crippen molar-refractivity contribution in [3.8, 4) is 0 Å². The van der Waals surface area contributed by atoms with Gasteiger partial charge in [-0.3, -0.25) is 14.4 Å². The SMILES string of the molecule is CC(C)OC(=O)CC(NC(=O)[C@@H](OC(=O)n1c2ccccc2c2ccccc21)C(C)C)C(=O)CF. The number of Topliss-reactive ketones (excluding diaryl/α,β-unsaturated/α-hetero) is 1. The molecule has 35 heavy (non-hydrogen) atoms. The summed E-state index contributed by atoms with van der Waals surface area (Å²) >= 11 is 0. The number of esters is 1. The van der Waals surface area contributed by atoms with Gasteiger partial charge < -0.3 is 14.8 Å². The molecule has 2 aromatic carbocycles. The fraction of sp³-hybridized carbons (Fsp3) is 0.385. The third-order valence-electron chi connectivity index (χ3n) is 5.43. The molecule has 0 aliphatic rings. The second kappa shape index (κ2) is 11.1. The molecule has 0 aliphatic heterocycles. The summed E-state index contributed by atoms with van der Waals surface area (Å²) in [6.07, 6.45) is -3.03. The van der Waals surface area contributed by atoms with Crippen molar-refractivity contribution >= 4 is 45.6 Å². The Hall–Kier alpha value is -3.75. The summed E-state index contributed by atoms with van der Waals surface area (Å²) in [4.78, 5) is 50.4. The van der Waals surface area contributed by atoms with E-state index >= 15 is 0 Å². The molecule has 3 aromatic rings. The lowest BCUT2D eigenvalue weighted by atomic mass is 10.0. The van der Waals surface area contributed by atoms with E-state index in [0.717, 1.165) is 10.8 Å². The van der Waals surface area contributed by atoms with Crippen LogP contribution in [0.5, 0.6) is 0 Å². The minimum atomic E-state index is -1.44. The summed E-state index contributed by atoms with van der Waals surface area (Å²) in [5.41, 5.74) is 1.23. The van der Waals surface area contributed by atoms with Crippen molar-refractivity contribution in [2.45, 2.75) is 52.4 Å². The number of rotatable bonds is 9. The third-order valence-corrected chi connectivity index (χ3v) is 5.43. The van der Waals surface area contributed by atoms with Gasteiger partial charge in [-0.15, -0.1) is 0 Å². The van der Waals surface area contributed by atoms with Crippen LogP contribution in [0, 0.1) is 5.92 Å². The van der Waals surface area contributed by atoms with Crippen LogP contribution in [0.15, 0.2) is 48.5 Å². The summed E-state index contributed by atoms with van der Waals surface area (Å²) in [7, 11) is 0. The summed E-state index contributed by atoms with van der Waals surface area (Å²) < 4.78 is 25.1. The number of benzene rings is 2. The smallest absolute Gasteiger partial charge is 0.419 e. The Balaban J connectivity index is 1.86. The quantitative estimate of drug-likeness (QED) is 0.457. The highest BCUT2D eigenvalue weighted by Crippen LogP contribution is 2.29. The Kier molecular flexibility index (Phi) is 8.22. The largest absolute Gasteiger partial charge is 0.463 e. The first-order chi connectivity index (χ1) is 16.6. The van der Waals surface area contributed by atoms with Gasteiger partial charge in [0.15, 0.2) is 11.9 Å². The highest BCUT2D eigenvalue weighted by atomic mass is 19.1. The summed E-state index contributed by atoms with van der Waals surface area (Å²) in [5.74, 6) is -3.01. The van der Waals surface area contributed by atoms with Crippen molar-refractivity contribution in [1.29, 1.82) is 0 Å². The molecule has 186 valence electrons. The van der Waals surface area contributed by atoms with E-state index in [-0.39, 0.29) is 0 Å². The van der Waals surface area contributed by atoms with E-state index in [1.807, 2.05) is 24.3 Å².